The van der Waals surface area contributed by atoms with Crippen LogP contribution in [0, 0.1) is 5.92 Å². The van der Waals surface area contributed by atoms with Crippen LogP contribution in [0.1, 0.15) is 53.4 Å². The number of hydrogen-bond acceptors (Lipinski definition) is 2. The molecule has 0 saturated carbocycles. The average molecular weight is 217 g/mol. The van der Waals surface area contributed by atoms with Gasteiger partial charge in [-0.25, -0.2) is 0 Å². The van der Waals surface area contributed by atoms with E-state index in [1.165, 1.54) is 38.8 Å². The molecule has 0 aromatic heterocycles. The predicted octanol–water partition coefficient (Wildman–Crippen LogP) is 3.47. The van der Waals surface area contributed by atoms with Crippen LogP contribution in [0.2, 0.25) is 0 Å². The summed E-state index contributed by atoms with van der Waals surface area (Å²) in [6.45, 7) is 11.4. The second kappa shape index (κ2) is 16.4. The molecule has 1 N–H and O–H groups in total. The Hall–Kier alpha value is -0.0800. The van der Waals surface area contributed by atoms with Crippen molar-refractivity contribution in [2.75, 3.05) is 26.8 Å². The molecule has 1 unspecified atom stereocenters. The van der Waals surface area contributed by atoms with E-state index in [2.05, 4.69) is 5.32 Å². The number of piperidine rings is 1. The van der Waals surface area contributed by atoms with Gasteiger partial charge in [-0.05, 0) is 44.7 Å². The highest BCUT2D eigenvalue weighted by atomic mass is 16.5. The fraction of sp³-hybridized carbons (Fsp3) is 1.00. The smallest absolute Gasteiger partial charge is 0.0462 e. The predicted molar refractivity (Wildman–Crippen MR) is 69.4 cm³/mol. The minimum absolute atomic E-state index is 0.916. The highest BCUT2D eigenvalue weighted by molar-refractivity contribution is 4.68. The highest BCUT2D eigenvalue weighted by Crippen LogP contribution is 2.15. The van der Waals surface area contributed by atoms with Gasteiger partial charge < -0.3 is 10.1 Å². The normalized spacial score (nSPS) is 19.4. The van der Waals surface area contributed by atoms with Gasteiger partial charge in [-0.3, -0.25) is 0 Å². The fourth-order valence-corrected chi connectivity index (χ4v) is 1.69. The van der Waals surface area contributed by atoms with Crippen molar-refractivity contribution >= 4 is 0 Å². The maximum absolute atomic E-state index is 5.01. The summed E-state index contributed by atoms with van der Waals surface area (Å²) in [6, 6.07) is 0. The van der Waals surface area contributed by atoms with Crippen LogP contribution in [0.25, 0.3) is 0 Å². The van der Waals surface area contributed by atoms with Gasteiger partial charge in [0.1, 0.15) is 0 Å². The molecule has 1 heterocycles. The van der Waals surface area contributed by atoms with Gasteiger partial charge in [0.2, 0.25) is 0 Å². The van der Waals surface area contributed by atoms with Crippen molar-refractivity contribution in [3.8, 4) is 0 Å². The molecule has 0 aromatic carbocycles. The van der Waals surface area contributed by atoms with Gasteiger partial charge in [0.25, 0.3) is 0 Å². The molecule has 0 spiro atoms. The molecule has 1 aliphatic rings. The van der Waals surface area contributed by atoms with E-state index in [1.807, 2.05) is 27.7 Å². The molecule has 1 aliphatic heterocycles. The van der Waals surface area contributed by atoms with Crippen molar-refractivity contribution in [2.45, 2.75) is 53.4 Å². The van der Waals surface area contributed by atoms with Crippen LogP contribution in [0.15, 0.2) is 0 Å². The Kier molecular flexibility index (Phi) is 18.9. The number of nitrogens with one attached hydrogen (secondary N) is 1. The zero-order valence-corrected chi connectivity index (χ0v) is 11.4. The standard InChI is InChI=1S/C9H19NO.2C2H6/c1-11-7-3-5-9-4-2-6-10-8-9;2*1-2/h9-10H,2-8H2,1H3;2*1-2H3. The summed E-state index contributed by atoms with van der Waals surface area (Å²) >= 11 is 0. The number of methoxy groups -OCH3 is 1. The molecule has 15 heavy (non-hydrogen) atoms. The first kappa shape index (κ1) is 17.3. The van der Waals surface area contributed by atoms with E-state index in [4.69, 9.17) is 4.74 Å². The first-order valence-corrected chi connectivity index (χ1v) is 6.63. The second-order valence-electron chi connectivity index (χ2n) is 3.35. The van der Waals surface area contributed by atoms with Gasteiger partial charge in [-0.2, -0.15) is 0 Å². The van der Waals surface area contributed by atoms with E-state index >= 15 is 0 Å². The zero-order valence-electron chi connectivity index (χ0n) is 11.4. The van der Waals surface area contributed by atoms with E-state index in [-0.39, 0.29) is 0 Å². The SMILES string of the molecule is CC.CC.COCCCC1CCCNC1. The second-order valence-corrected chi connectivity index (χ2v) is 3.35. The maximum atomic E-state index is 5.01. The minimum atomic E-state index is 0.916. The zero-order chi connectivity index (χ0) is 11.9. The van der Waals surface area contributed by atoms with Gasteiger partial charge in [0.05, 0.1) is 0 Å². The van der Waals surface area contributed by atoms with E-state index in [1.54, 1.807) is 7.11 Å². The molecular weight excluding hydrogens is 186 g/mol. The quantitative estimate of drug-likeness (QED) is 0.728. The van der Waals surface area contributed by atoms with Crippen molar-refractivity contribution in [1.82, 2.24) is 5.32 Å². The third-order valence-electron chi connectivity index (χ3n) is 2.36. The molecule has 0 amide bonds. The molecule has 1 fully saturated rings. The summed E-state index contributed by atoms with van der Waals surface area (Å²) in [5.41, 5.74) is 0. The lowest BCUT2D eigenvalue weighted by Crippen LogP contribution is -2.29. The van der Waals surface area contributed by atoms with Gasteiger partial charge in [-0.1, -0.05) is 27.7 Å². The van der Waals surface area contributed by atoms with Crippen LogP contribution in [0.3, 0.4) is 0 Å². The molecule has 0 radical (unpaired) electrons. The molecule has 94 valence electrons. The lowest BCUT2D eigenvalue weighted by atomic mass is 9.95. The molecule has 0 aliphatic carbocycles. The third kappa shape index (κ3) is 11.8. The van der Waals surface area contributed by atoms with Crippen LogP contribution < -0.4 is 5.32 Å². The monoisotopic (exact) mass is 217 g/mol. The van der Waals surface area contributed by atoms with Gasteiger partial charge in [0.15, 0.2) is 0 Å². The van der Waals surface area contributed by atoms with Gasteiger partial charge in [0, 0.05) is 13.7 Å². The van der Waals surface area contributed by atoms with Crippen molar-refractivity contribution in [1.29, 1.82) is 0 Å². The van der Waals surface area contributed by atoms with E-state index in [9.17, 15) is 0 Å². The molecule has 1 saturated heterocycles. The molecular formula is C13H31NO. The fourth-order valence-electron chi connectivity index (χ4n) is 1.69. The molecule has 0 aromatic rings. The average Bonchev–Trinajstić information content (AvgIpc) is 2.36. The van der Waals surface area contributed by atoms with Crippen molar-refractivity contribution in [3.05, 3.63) is 0 Å². The first-order chi connectivity index (χ1) is 7.43. The van der Waals surface area contributed by atoms with E-state index in [0.717, 1.165) is 12.5 Å². The third-order valence-corrected chi connectivity index (χ3v) is 2.36. The first-order valence-electron chi connectivity index (χ1n) is 6.63. The topological polar surface area (TPSA) is 21.3 Å². The van der Waals surface area contributed by atoms with Crippen LogP contribution in [-0.4, -0.2) is 26.8 Å². The minimum Gasteiger partial charge on any atom is -0.385 e. The molecule has 1 rings (SSSR count). The van der Waals surface area contributed by atoms with E-state index < -0.39 is 0 Å². The number of ether oxygens (including phenoxy) is 1. The molecule has 2 heteroatoms. The van der Waals surface area contributed by atoms with Gasteiger partial charge in [-0.15, -0.1) is 0 Å². The largest absolute Gasteiger partial charge is 0.385 e. The Balaban J connectivity index is 0. The van der Waals surface area contributed by atoms with Crippen LogP contribution in [0.4, 0.5) is 0 Å². The molecule has 2 nitrogen and oxygen atoms in total. The van der Waals surface area contributed by atoms with Crippen molar-refractivity contribution < 1.29 is 4.74 Å². The molecule has 1 atom stereocenters. The molecule has 0 bridgehead atoms. The highest BCUT2D eigenvalue weighted by Gasteiger charge is 2.11. The summed E-state index contributed by atoms with van der Waals surface area (Å²) in [7, 11) is 1.78. The maximum Gasteiger partial charge on any atom is 0.0462 e. The number of rotatable bonds is 4. The van der Waals surface area contributed by atoms with Crippen molar-refractivity contribution in [3.63, 3.8) is 0 Å². The summed E-state index contributed by atoms with van der Waals surface area (Å²) in [6.07, 6.45) is 5.33. The van der Waals surface area contributed by atoms with E-state index in [0.29, 0.717) is 0 Å². The Morgan fingerprint density at radius 3 is 2.33 bits per heavy atom. The summed E-state index contributed by atoms with van der Waals surface area (Å²) in [5, 5.41) is 3.42. The van der Waals surface area contributed by atoms with Crippen LogP contribution in [-0.2, 0) is 4.74 Å². The van der Waals surface area contributed by atoms with Gasteiger partial charge >= 0.3 is 0 Å². The van der Waals surface area contributed by atoms with Crippen LogP contribution >= 0.6 is 0 Å². The summed E-state index contributed by atoms with van der Waals surface area (Å²) in [4.78, 5) is 0. The van der Waals surface area contributed by atoms with Crippen LogP contribution in [0.5, 0.6) is 0 Å². The Labute approximate surface area is 96.8 Å². The Morgan fingerprint density at radius 2 is 1.87 bits per heavy atom. The summed E-state index contributed by atoms with van der Waals surface area (Å²) < 4.78 is 5.01. The lowest BCUT2D eigenvalue weighted by molar-refractivity contribution is 0.183. The van der Waals surface area contributed by atoms with Crippen molar-refractivity contribution in [2.24, 2.45) is 5.92 Å². The Morgan fingerprint density at radius 1 is 1.20 bits per heavy atom. The number of hydrogen-bond donors (Lipinski definition) is 1. The summed E-state index contributed by atoms with van der Waals surface area (Å²) in [5.74, 6) is 0.916. The lowest BCUT2D eigenvalue weighted by Gasteiger charge is -2.22. The Bertz CT molecular complexity index is 90.5.